The molecule has 12 nitrogen and oxygen atoms in total. The molecule has 0 saturated carbocycles. The zero-order chi connectivity index (χ0) is 42.3. The summed E-state index contributed by atoms with van der Waals surface area (Å²) in [6, 6.07) is 14.0. The van der Waals surface area contributed by atoms with Gasteiger partial charge in [0.15, 0.2) is 17.3 Å². The van der Waals surface area contributed by atoms with Crippen LogP contribution in [0.2, 0.25) is 0 Å². The predicted molar refractivity (Wildman–Crippen MR) is 245 cm³/mol. The van der Waals surface area contributed by atoms with Gasteiger partial charge in [0.05, 0.1) is 24.3 Å². The molecule has 4 rings (SSSR count). The summed E-state index contributed by atoms with van der Waals surface area (Å²) in [6.07, 6.45) is 23.6. The summed E-state index contributed by atoms with van der Waals surface area (Å²) in [4.78, 5) is 13.7. The highest BCUT2D eigenvalue weighted by Gasteiger charge is 2.28. The molecule has 2 heterocycles. The molecule has 1 atom stereocenters. The lowest BCUT2D eigenvalue weighted by molar-refractivity contribution is 0.246. The first-order valence-electron chi connectivity index (χ1n) is 22.6. The van der Waals surface area contributed by atoms with Gasteiger partial charge in [-0.05, 0) is 62.6 Å². The fourth-order valence-corrected chi connectivity index (χ4v) is 7.79. The summed E-state index contributed by atoms with van der Waals surface area (Å²) < 4.78 is 37.9. The van der Waals surface area contributed by atoms with Gasteiger partial charge in [-0.15, -0.1) is 9.89 Å². The van der Waals surface area contributed by atoms with Gasteiger partial charge in [-0.25, -0.2) is 23.1 Å². The molecule has 0 saturated heterocycles. The Morgan fingerprint density at radius 1 is 0.831 bits per heavy atom. The van der Waals surface area contributed by atoms with Gasteiger partial charge in [-0.3, -0.25) is 5.32 Å². The van der Waals surface area contributed by atoms with Crippen LogP contribution in [0.5, 0.6) is 11.5 Å². The van der Waals surface area contributed by atoms with Crippen molar-refractivity contribution in [3.63, 3.8) is 0 Å². The van der Waals surface area contributed by atoms with E-state index in [1.165, 1.54) is 103 Å². The Bertz CT molecular complexity index is 1840. The maximum Gasteiger partial charge on any atom is 0.208 e. The van der Waals surface area contributed by atoms with Crippen molar-refractivity contribution < 1.29 is 17.9 Å². The fraction of sp³-hybridized carbons (Fsp3) is 0.652. The van der Waals surface area contributed by atoms with Crippen molar-refractivity contribution in [2.24, 2.45) is 10.1 Å². The van der Waals surface area contributed by atoms with Gasteiger partial charge in [0, 0.05) is 37.8 Å². The van der Waals surface area contributed by atoms with Crippen molar-refractivity contribution in [1.82, 2.24) is 24.9 Å². The maximum atomic E-state index is 11.5. The van der Waals surface area contributed by atoms with E-state index in [-0.39, 0.29) is 5.92 Å². The van der Waals surface area contributed by atoms with E-state index in [1.54, 1.807) is 4.79 Å². The third-order valence-corrected chi connectivity index (χ3v) is 11.6. The minimum atomic E-state index is -3.24. The molecular weight excluding hydrogens is 761 g/mol. The third-order valence-electron chi connectivity index (χ3n) is 10.9. The fourth-order valence-electron chi connectivity index (χ4n) is 7.32. The molecule has 1 aliphatic heterocycles. The highest BCUT2D eigenvalue weighted by molar-refractivity contribution is 7.88. The van der Waals surface area contributed by atoms with E-state index < -0.39 is 10.0 Å². The maximum absolute atomic E-state index is 11.5. The van der Waals surface area contributed by atoms with Crippen molar-refractivity contribution in [3.05, 3.63) is 59.7 Å². The molecule has 0 amide bonds. The van der Waals surface area contributed by atoms with Crippen LogP contribution in [0.15, 0.2) is 52.6 Å². The normalized spacial score (nSPS) is 13.8. The van der Waals surface area contributed by atoms with E-state index in [9.17, 15) is 8.42 Å². The van der Waals surface area contributed by atoms with Crippen LogP contribution in [-0.2, 0) is 10.0 Å². The minimum Gasteiger partial charge on any atom is -0.490 e. The average molecular weight is 835 g/mol. The number of para-hydroxylation sites is 2. The van der Waals surface area contributed by atoms with E-state index in [2.05, 4.69) is 48.7 Å². The van der Waals surface area contributed by atoms with Gasteiger partial charge >= 0.3 is 0 Å². The molecule has 13 heteroatoms. The van der Waals surface area contributed by atoms with Gasteiger partial charge in [-0.2, -0.15) is 5.10 Å². The molecule has 0 bridgehead atoms. The zero-order valence-corrected chi connectivity index (χ0v) is 37.9. The first-order chi connectivity index (χ1) is 28.6. The number of aromatic nitrogens is 3. The molecule has 1 aromatic heterocycles. The number of likely N-dealkylation sites (N-methyl/N-ethyl adjacent to an activating group) is 1. The lowest BCUT2D eigenvalue weighted by Gasteiger charge is -2.24. The summed E-state index contributed by atoms with van der Waals surface area (Å²) in [6.45, 7) is 13.8. The topological polar surface area (TPSA) is 135 Å². The highest BCUT2D eigenvalue weighted by Crippen LogP contribution is 2.29. The van der Waals surface area contributed by atoms with E-state index >= 15 is 0 Å². The Balaban J connectivity index is 1.15. The Kier molecular flexibility index (Phi) is 21.4. The average Bonchev–Trinajstić information content (AvgIpc) is 3.78. The van der Waals surface area contributed by atoms with Crippen molar-refractivity contribution in [1.29, 1.82) is 0 Å². The summed E-state index contributed by atoms with van der Waals surface area (Å²) >= 11 is 0. The number of hydrogen-bond acceptors (Lipinski definition) is 10. The standard InChI is InChI=1S/C46H74N8O4S/c1-7-10-11-12-13-14-15-16-17-18-19-20-21-22-23-26-33-57-42-27-24-25-28-43(42)58-36-47-35-38(5)45-50-46-44(40(8-2)51-54(46)52-45)49-41-30-29-39(34-37(41)4)53(9-3)32-31-48-59(6,55)56/h24-25,27-30,34,38,47-48H,7-23,26,31-33,35-36H2,1-6H3. The smallest absolute Gasteiger partial charge is 0.208 e. The largest absolute Gasteiger partial charge is 0.490 e. The van der Waals surface area contributed by atoms with Crippen molar-refractivity contribution in [2.45, 2.75) is 150 Å². The molecule has 2 N–H and O–H groups in total. The van der Waals surface area contributed by atoms with Gasteiger partial charge < -0.3 is 14.4 Å². The van der Waals surface area contributed by atoms with Crippen LogP contribution in [0, 0.1) is 6.92 Å². The number of anilines is 1. The number of nitrogens with zero attached hydrogens (tertiary/aromatic N) is 6. The first kappa shape index (κ1) is 47.9. The number of rotatable bonds is 32. The Labute approximate surface area is 356 Å². The van der Waals surface area contributed by atoms with Crippen LogP contribution in [0.25, 0.3) is 0 Å². The Hall–Kier alpha value is -3.81. The number of hydrogen-bond donors (Lipinski definition) is 2. The minimum absolute atomic E-state index is 0.0119. The molecule has 0 spiro atoms. The monoisotopic (exact) mass is 835 g/mol. The number of sulfonamides is 1. The molecule has 1 unspecified atom stereocenters. The quantitative estimate of drug-likeness (QED) is 0.0469. The van der Waals surface area contributed by atoms with Crippen LogP contribution < -0.4 is 24.4 Å². The second kappa shape index (κ2) is 26.4. The van der Waals surface area contributed by atoms with E-state index in [0.29, 0.717) is 51.0 Å². The number of unbranched alkanes of at least 4 members (excludes halogenated alkanes) is 15. The molecule has 0 aliphatic carbocycles. The van der Waals surface area contributed by atoms with Crippen molar-refractivity contribution >= 4 is 32.8 Å². The van der Waals surface area contributed by atoms with E-state index in [4.69, 9.17) is 29.7 Å². The summed E-state index contributed by atoms with van der Waals surface area (Å²) in [5.74, 6) is 2.86. The van der Waals surface area contributed by atoms with Crippen molar-refractivity contribution in [3.8, 4) is 11.5 Å². The van der Waals surface area contributed by atoms with Crippen LogP contribution in [0.3, 0.4) is 0 Å². The number of ether oxygens (including phenoxy) is 2. The summed E-state index contributed by atoms with van der Waals surface area (Å²) in [7, 11) is -3.24. The van der Waals surface area contributed by atoms with Crippen LogP contribution in [0.4, 0.5) is 11.4 Å². The lowest BCUT2D eigenvalue weighted by Crippen LogP contribution is -2.34. The Morgan fingerprint density at radius 3 is 2.02 bits per heavy atom. The molecule has 1 aliphatic rings. The summed E-state index contributed by atoms with van der Waals surface area (Å²) in [5.41, 5.74) is 4.41. The zero-order valence-electron chi connectivity index (χ0n) is 37.1. The first-order valence-corrected chi connectivity index (χ1v) is 24.5. The molecule has 3 aromatic rings. The number of benzene rings is 2. The number of fused-ring (bicyclic) bond motifs is 1. The number of nitrogens with one attached hydrogen (secondary N) is 2. The van der Waals surface area contributed by atoms with Gasteiger partial charge in [0.25, 0.3) is 0 Å². The number of aryl methyl sites for hydroxylation is 1. The summed E-state index contributed by atoms with van der Waals surface area (Å²) in [5, 5.41) is 12.8. The molecular formula is C46H74N8O4S. The van der Waals surface area contributed by atoms with Crippen LogP contribution in [0.1, 0.15) is 160 Å². The van der Waals surface area contributed by atoms with Gasteiger partial charge in [0.2, 0.25) is 15.8 Å². The van der Waals surface area contributed by atoms with E-state index in [0.717, 1.165) is 52.8 Å². The lowest BCUT2D eigenvalue weighted by atomic mass is 10.0. The van der Waals surface area contributed by atoms with Crippen LogP contribution >= 0.6 is 0 Å². The molecule has 0 radical (unpaired) electrons. The van der Waals surface area contributed by atoms with Crippen LogP contribution in [-0.4, -0.2) is 80.5 Å². The molecule has 328 valence electrons. The second-order valence-electron chi connectivity index (χ2n) is 16.0. The van der Waals surface area contributed by atoms with Crippen molar-refractivity contribution in [2.75, 3.05) is 50.7 Å². The molecule has 2 aromatic carbocycles. The third kappa shape index (κ3) is 17.0. The highest BCUT2D eigenvalue weighted by atomic mass is 32.2. The van der Waals surface area contributed by atoms with Gasteiger partial charge in [-0.1, -0.05) is 129 Å². The SMILES string of the molecule is CCCCCCCCCCCCCCCCCCOc1ccccc1OCNCC(C)c1nc2n(n1)N=C(CC)C2=Nc1ccc(N(CC)CCNS(C)(=O)=O)cc1C. The second-order valence-corrected chi connectivity index (χ2v) is 17.8. The molecule has 59 heavy (non-hydrogen) atoms. The van der Waals surface area contributed by atoms with E-state index in [1.807, 2.05) is 43.3 Å². The number of aliphatic imine (C=N–C) groups is 1. The molecule has 0 fully saturated rings. The Morgan fingerprint density at radius 2 is 1.44 bits per heavy atom. The predicted octanol–water partition coefficient (Wildman–Crippen LogP) is 10.1. The van der Waals surface area contributed by atoms with Gasteiger partial charge in [0.1, 0.15) is 12.4 Å².